The Morgan fingerprint density at radius 3 is 2.64 bits per heavy atom. The highest BCUT2D eigenvalue weighted by Gasteiger charge is 2.20. The number of nitrogens with zero attached hydrogens (tertiary/aromatic N) is 3. The third kappa shape index (κ3) is 3.34. The number of morpholine rings is 1. The van der Waals surface area contributed by atoms with E-state index in [0.717, 1.165) is 56.1 Å². The smallest absolute Gasteiger partial charge is 0.251 e. The lowest BCUT2D eigenvalue weighted by atomic mass is 10.1. The highest BCUT2D eigenvalue weighted by atomic mass is 16.5. The van der Waals surface area contributed by atoms with Gasteiger partial charge in [-0.2, -0.15) is 0 Å². The van der Waals surface area contributed by atoms with Crippen LogP contribution in [0.4, 0.5) is 5.95 Å². The van der Waals surface area contributed by atoms with E-state index in [2.05, 4.69) is 14.8 Å². The van der Waals surface area contributed by atoms with Gasteiger partial charge in [0.25, 0.3) is 5.91 Å². The SMILES string of the molecule is Cn1c(N2CCOCC2)nc2cc(C(=O)NC3CCOCC3)ccc21. The lowest BCUT2D eigenvalue weighted by molar-refractivity contribution is 0.0696. The number of carbonyl (C=O) groups is 1. The van der Waals surface area contributed by atoms with E-state index < -0.39 is 0 Å². The normalized spacial score (nSPS) is 19.3. The van der Waals surface area contributed by atoms with Crippen molar-refractivity contribution >= 4 is 22.9 Å². The number of hydrogen-bond acceptors (Lipinski definition) is 5. The fourth-order valence-corrected chi connectivity index (χ4v) is 3.49. The Hall–Kier alpha value is -2.12. The molecule has 25 heavy (non-hydrogen) atoms. The molecule has 3 heterocycles. The summed E-state index contributed by atoms with van der Waals surface area (Å²) in [5.74, 6) is 0.896. The van der Waals surface area contributed by atoms with E-state index in [9.17, 15) is 4.79 Å². The number of hydrogen-bond donors (Lipinski definition) is 1. The molecular formula is C18H24N4O3. The Balaban J connectivity index is 1.56. The van der Waals surface area contributed by atoms with Crippen molar-refractivity contribution in [1.82, 2.24) is 14.9 Å². The molecule has 1 aromatic heterocycles. The number of ether oxygens (including phenoxy) is 2. The Kier molecular flexibility index (Phi) is 4.59. The minimum absolute atomic E-state index is 0.0348. The van der Waals surface area contributed by atoms with Crippen LogP contribution in [0.3, 0.4) is 0 Å². The first-order chi connectivity index (χ1) is 12.2. The van der Waals surface area contributed by atoms with Crippen LogP contribution < -0.4 is 10.2 Å². The minimum atomic E-state index is -0.0348. The molecule has 1 amide bonds. The van der Waals surface area contributed by atoms with E-state index in [0.29, 0.717) is 18.8 Å². The molecule has 0 bridgehead atoms. The highest BCUT2D eigenvalue weighted by Crippen LogP contribution is 2.23. The zero-order chi connectivity index (χ0) is 17.2. The molecule has 1 aromatic carbocycles. The van der Waals surface area contributed by atoms with Gasteiger partial charge in [-0.1, -0.05) is 0 Å². The number of aromatic nitrogens is 2. The standard InChI is InChI=1S/C18H24N4O3/c1-21-16-3-2-13(17(23)19-14-4-8-24-9-5-14)12-15(16)20-18(21)22-6-10-25-11-7-22/h2-3,12,14H,4-11H2,1H3,(H,19,23). The van der Waals surface area contributed by atoms with Gasteiger partial charge in [0.2, 0.25) is 5.95 Å². The number of aryl methyl sites for hydroxylation is 1. The number of amides is 1. The van der Waals surface area contributed by atoms with E-state index in [1.165, 1.54) is 0 Å². The van der Waals surface area contributed by atoms with Crippen LogP contribution in [0.5, 0.6) is 0 Å². The Morgan fingerprint density at radius 2 is 1.88 bits per heavy atom. The maximum atomic E-state index is 12.5. The van der Waals surface area contributed by atoms with Crippen LogP contribution in [0.15, 0.2) is 18.2 Å². The number of carbonyl (C=O) groups excluding carboxylic acids is 1. The second kappa shape index (κ2) is 7.01. The summed E-state index contributed by atoms with van der Waals surface area (Å²) in [6, 6.07) is 5.94. The zero-order valence-electron chi connectivity index (χ0n) is 14.5. The molecule has 0 radical (unpaired) electrons. The van der Waals surface area contributed by atoms with Gasteiger partial charge in [0.1, 0.15) is 0 Å². The predicted molar refractivity (Wildman–Crippen MR) is 95.1 cm³/mol. The quantitative estimate of drug-likeness (QED) is 0.909. The second-order valence-electron chi connectivity index (χ2n) is 6.63. The summed E-state index contributed by atoms with van der Waals surface area (Å²) in [6.45, 7) is 4.56. The molecule has 2 aliphatic heterocycles. The van der Waals surface area contributed by atoms with Gasteiger partial charge in [0, 0.05) is 45.0 Å². The van der Waals surface area contributed by atoms with Crippen LogP contribution in [-0.4, -0.2) is 61.0 Å². The summed E-state index contributed by atoms with van der Waals surface area (Å²) in [5, 5.41) is 3.10. The predicted octanol–water partition coefficient (Wildman–Crippen LogP) is 1.32. The van der Waals surface area contributed by atoms with Gasteiger partial charge >= 0.3 is 0 Å². The van der Waals surface area contributed by atoms with E-state index >= 15 is 0 Å². The van der Waals surface area contributed by atoms with Crippen molar-refractivity contribution in [2.24, 2.45) is 7.05 Å². The monoisotopic (exact) mass is 344 g/mol. The average molecular weight is 344 g/mol. The molecule has 0 atom stereocenters. The fourth-order valence-electron chi connectivity index (χ4n) is 3.49. The van der Waals surface area contributed by atoms with Crippen LogP contribution in [0.25, 0.3) is 11.0 Å². The first kappa shape index (κ1) is 16.4. The molecule has 0 aliphatic carbocycles. The van der Waals surface area contributed by atoms with Crippen molar-refractivity contribution in [1.29, 1.82) is 0 Å². The minimum Gasteiger partial charge on any atom is -0.381 e. The van der Waals surface area contributed by atoms with Gasteiger partial charge in [0.15, 0.2) is 0 Å². The van der Waals surface area contributed by atoms with E-state index in [1.54, 1.807) is 0 Å². The van der Waals surface area contributed by atoms with Crippen molar-refractivity contribution in [3.05, 3.63) is 23.8 Å². The van der Waals surface area contributed by atoms with Gasteiger partial charge in [-0.15, -0.1) is 0 Å². The Bertz CT molecular complexity index is 761. The summed E-state index contributed by atoms with van der Waals surface area (Å²) < 4.78 is 12.8. The van der Waals surface area contributed by atoms with Crippen LogP contribution in [0.1, 0.15) is 23.2 Å². The van der Waals surface area contributed by atoms with Gasteiger partial charge in [-0.05, 0) is 31.0 Å². The lowest BCUT2D eigenvalue weighted by Gasteiger charge is -2.27. The summed E-state index contributed by atoms with van der Waals surface area (Å²) in [6.07, 6.45) is 1.75. The second-order valence-corrected chi connectivity index (χ2v) is 6.63. The number of imidazole rings is 1. The first-order valence-corrected chi connectivity index (χ1v) is 8.90. The maximum absolute atomic E-state index is 12.5. The van der Waals surface area contributed by atoms with Crippen LogP contribution in [0.2, 0.25) is 0 Å². The summed E-state index contributed by atoms with van der Waals surface area (Å²) >= 11 is 0. The molecule has 2 saturated heterocycles. The first-order valence-electron chi connectivity index (χ1n) is 8.90. The molecule has 0 unspecified atom stereocenters. The van der Waals surface area contributed by atoms with E-state index in [4.69, 9.17) is 14.5 Å². The average Bonchev–Trinajstić information content (AvgIpc) is 2.99. The number of fused-ring (bicyclic) bond motifs is 1. The van der Waals surface area contributed by atoms with Gasteiger partial charge in [-0.3, -0.25) is 4.79 Å². The highest BCUT2D eigenvalue weighted by molar-refractivity contribution is 5.97. The molecule has 4 rings (SSSR count). The molecule has 7 nitrogen and oxygen atoms in total. The Morgan fingerprint density at radius 1 is 1.16 bits per heavy atom. The van der Waals surface area contributed by atoms with Crippen molar-refractivity contribution in [2.75, 3.05) is 44.4 Å². The van der Waals surface area contributed by atoms with Gasteiger partial charge in [0.05, 0.1) is 24.2 Å². The zero-order valence-corrected chi connectivity index (χ0v) is 14.5. The molecule has 0 saturated carbocycles. The lowest BCUT2D eigenvalue weighted by Crippen LogP contribution is -2.38. The van der Waals surface area contributed by atoms with Crippen molar-refractivity contribution in [3.63, 3.8) is 0 Å². The number of anilines is 1. The number of benzene rings is 1. The number of rotatable bonds is 3. The van der Waals surface area contributed by atoms with Crippen molar-refractivity contribution < 1.29 is 14.3 Å². The van der Waals surface area contributed by atoms with Crippen molar-refractivity contribution in [2.45, 2.75) is 18.9 Å². The Labute approximate surface area is 146 Å². The topological polar surface area (TPSA) is 68.6 Å². The maximum Gasteiger partial charge on any atom is 0.251 e. The third-order valence-corrected chi connectivity index (χ3v) is 4.97. The third-order valence-electron chi connectivity index (χ3n) is 4.97. The molecular weight excluding hydrogens is 320 g/mol. The van der Waals surface area contributed by atoms with Gasteiger partial charge < -0.3 is 24.3 Å². The largest absolute Gasteiger partial charge is 0.381 e. The van der Waals surface area contributed by atoms with Crippen LogP contribution in [0, 0.1) is 0 Å². The summed E-state index contributed by atoms with van der Waals surface area (Å²) in [7, 11) is 2.02. The van der Waals surface area contributed by atoms with Crippen LogP contribution in [-0.2, 0) is 16.5 Å². The molecule has 1 N–H and O–H groups in total. The van der Waals surface area contributed by atoms with E-state index in [-0.39, 0.29) is 11.9 Å². The molecule has 7 heteroatoms. The van der Waals surface area contributed by atoms with E-state index in [1.807, 2.05) is 25.2 Å². The summed E-state index contributed by atoms with van der Waals surface area (Å²) in [4.78, 5) is 19.5. The van der Waals surface area contributed by atoms with Gasteiger partial charge in [-0.25, -0.2) is 4.98 Å². The number of nitrogens with one attached hydrogen (secondary N) is 1. The molecule has 0 spiro atoms. The van der Waals surface area contributed by atoms with Crippen molar-refractivity contribution in [3.8, 4) is 0 Å². The molecule has 134 valence electrons. The summed E-state index contributed by atoms with van der Waals surface area (Å²) in [5.41, 5.74) is 2.54. The van der Waals surface area contributed by atoms with Crippen LogP contribution >= 0.6 is 0 Å². The molecule has 2 fully saturated rings. The molecule has 2 aromatic rings. The fraction of sp³-hybridized carbons (Fsp3) is 0.556. The molecule has 2 aliphatic rings.